The van der Waals surface area contributed by atoms with Gasteiger partial charge >= 0.3 is 0 Å². The molecule has 1 heterocycles. The minimum absolute atomic E-state index is 0.151. The largest absolute Gasteiger partial charge is 0.493 e. The van der Waals surface area contributed by atoms with Crippen molar-refractivity contribution in [2.24, 2.45) is 0 Å². The number of benzene rings is 3. The summed E-state index contributed by atoms with van der Waals surface area (Å²) in [5.41, 5.74) is 1.16. The van der Waals surface area contributed by atoms with Crippen LogP contribution in [0.25, 0.3) is 10.8 Å². The summed E-state index contributed by atoms with van der Waals surface area (Å²) in [6.45, 7) is 4.38. The van der Waals surface area contributed by atoms with Crippen LogP contribution in [0.1, 0.15) is 16.2 Å². The van der Waals surface area contributed by atoms with Crippen LogP contribution in [0.4, 0.5) is 5.69 Å². The first kappa shape index (κ1) is 25.8. The van der Waals surface area contributed by atoms with Crippen molar-refractivity contribution in [3.8, 4) is 11.5 Å². The minimum Gasteiger partial charge on any atom is -0.493 e. The number of carbonyl (C=O) groups is 2. The van der Waals surface area contributed by atoms with Gasteiger partial charge in [0.1, 0.15) is 0 Å². The monoisotopic (exact) mass is 517 g/mol. The lowest BCUT2D eigenvalue weighted by atomic mass is 10.1. The number of anilines is 1. The lowest BCUT2D eigenvalue weighted by Crippen LogP contribution is -2.25. The molecule has 0 atom stereocenters. The molecule has 4 rings (SSSR count). The van der Waals surface area contributed by atoms with Gasteiger partial charge in [0.2, 0.25) is 5.91 Å². The number of nitrogens with zero attached hydrogens (tertiary/aromatic N) is 3. The molecular weight excluding hydrogens is 490 g/mol. The molecule has 0 aliphatic rings. The van der Waals surface area contributed by atoms with Crippen LogP contribution in [0, 0.1) is 0 Å². The van der Waals surface area contributed by atoms with Crippen molar-refractivity contribution in [3.05, 3.63) is 84.7 Å². The number of hydrogen-bond donors (Lipinski definition) is 2. The van der Waals surface area contributed by atoms with Crippen molar-refractivity contribution in [2.75, 3.05) is 25.3 Å². The van der Waals surface area contributed by atoms with Crippen LogP contribution < -0.4 is 20.1 Å². The van der Waals surface area contributed by atoms with E-state index in [2.05, 4.69) is 27.4 Å². The molecule has 10 heteroatoms. The zero-order valence-electron chi connectivity index (χ0n) is 20.6. The van der Waals surface area contributed by atoms with Gasteiger partial charge in [0.15, 0.2) is 22.5 Å². The Morgan fingerprint density at radius 3 is 2.54 bits per heavy atom. The molecule has 2 N–H and O–H groups in total. The van der Waals surface area contributed by atoms with Crippen molar-refractivity contribution in [3.63, 3.8) is 0 Å². The lowest BCUT2D eigenvalue weighted by molar-refractivity contribution is -0.113. The van der Waals surface area contributed by atoms with Crippen LogP contribution in [0.2, 0.25) is 0 Å². The minimum atomic E-state index is -0.293. The van der Waals surface area contributed by atoms with Crippen LogP contribution in [0.3, 0.4) is 0 Å². The molecule has 0 saturated heterocycles. The lowest BCUT2D eigenvalue weighted by Gasteiger charge is -2.11. The fourth-order valence-electron chi connectivity index (χ4n) is 3.70. The van der Waals surface area contributed by atoms with E-state index in [0.29, 0.717) is 34.6 Å². The Kier molecular flexibility index (Phi) is 8.42. The van der Waals surface area contributed by atoms with Crippen LogP contribution >= 0.6 is 11.8 Å². The highest BCUT2D eigenvalue weighted by molar-refractivity contribution is 7.99. The van der Waals surface area contributed by atoms with Gasteiger partial charge in [-0.1, -0.05) is 48.2 Å². The van der Waals surface area contributed by atoms with E-state index in [4.69, 9.17) is 9.47 Å². The smallest absolute Gasteiger partial charge is 0.251 e. The molecule has 0 spiro atoms. The molecule has 4 aromatic rings. The molecule has 0 bridgehead atoms. The first-order valence-electron chi connectivity index (χ1n) is 11.5. The van der Waals surface area contributed by atoms with E-state index in [0.717, 1.165) is 16.5 Å². The van der Waals surface area contributed by atoms with Gasteiger partial charge in [-0.2, -0.15) is 0 Å². The number of methoxy groups -OCH3 is 2. The number of aromatic nitrogens is 3. The van der Waals surface area contributed by atoms with Gasteiger partial charge in [-0.25, -0.2) is 0 Å². The van der Waals surface area contributed by atoms with E-state index >= 15 is 0 Å². The fourth-order valence-corrected chi connectivity index (χ4v) is 4.47. The molecule has 37 heavy (non-hydrogen) atoms. The maximum atomic E-state index is 12.7. The molecule has 3 aromatic carbocycles. The van der Waals surface area contributed by atoms with Crippen molar-refractivity contribution in [1.82, 2.24) is 20.1 Å². The number of carbonyl (C=O) groups excluding carboxylic acids is 2. The van der Waals surface area contributed by atoms with Gasteiger partial charge in [0.05, 0.1) is 26.5 Å². The molecule has 0 aliphatic heterocycles. The second-order valence-electron chi connectivity index (χ2n) is 7.95. The average molecular weight is 518 g/mol. The molecule has 0 aliphatic carbocycles. The molecule has 2 amide bonds. The van der Waals surface area contributed by atoms with Crippen LogP contribution in [0.15, 0.2) is 78.5 Å². The molecule has 0 fully saturated rings. The SMILES string of the molecule is C=CCn1c(CNC(=O)c2ccc(OC)c(OC)c2)nnc1SCC(=O)Nc1ccc2ccccc2c1. The Bertz CT molecular complexity index is 1440. The van der Waals surface area contributed by atoms with Gasteiger partial charge in [-0.05, 0) is 41.1 Å². The Labute approximate surface area is 218 Å². The third-order valence-electron chi connectivity index (χ3n) is 5.52. The van der Waals surface area contributed by atoms with Gasteiger partial charge < -0.3 is 24.7 Å². The number of allylic oxidation sites excluding steroid dienone is 1. The van der Waals surface area contributed by atoms with Crippen molar-refractivity contribution >= 4 is 40.0 Å². The van der Waals surface area contributed by atoms with E-state index in [9.17, 15) is 9.59 Å². The topological polar surface area (TPSA) is 107 Å². The Morgan fingerprint density at radius 2 is 1.78 bits per heavy atom. The van der Waals surface area contributed by atoms with Crippen LogP contribution in [-0.4, -0.2) is 46.6 Å². The Morgan fingerprint density at radius 1 is 1.00 bits per heavy atom. The van der Waals surface area contributed by atoms with E-state index in [-0.39, 0.29) is 24.1 Å². The summed E-state index contributed by atoms with van der Waals surface area (Å²) >= 11 is 1.26. The van der Waals surface area contributed by atoms with Crippen molar-refractivity contribution in [1.29, 1.82) is 0 Å². The second kappa shape index (κ2) is 12.1. The summed E-state index contributed by atoms with van der Waals surface area (Å²) in [6, 6.07) is 18.7. The highest BCUT2D eigenvalue weighted by Gasteiger charge is 2.16. The first-order valence-corrected chi connectivity index (χ1v) is 12.5. The van der Waals surface area contributed by atoms with E-state index < -0.39 is 0 Å². The quantitative estimate of drug-likeness (QED) is 0.226. The number of nitrogens with one attached hydrogen (secondary N) is 2. The third-order valence-corrected chi connectivity index (χ3v) is 6.49. The number of fused-ring (bicyclic) bond motifs is 1. The molecular formula is C27H27N5O4S. The zero-order valence-corrected chi connectivity index (χ0v) is 21.4. The number of ether oxygens (including phenoxy) is 2. The number of thioether (sulfide) groups is 1. The second-order valence-corrected chi connectivity index (χ2v) is 8.89. The summed E-state index contributed by atoms with van der Waals surface area (Å²) in [4.78, 5) is 25.3. The van der Waals surface area contributed by atoms with Crippen LogP contribution in [0.5, 0.6) is 11.5 Å². The standard InChI is InChI=1S/C27H27N5O4S/c1-4-13-32-24(16-28-26(34)20-10-12-22(35-2)23(15-20)36-3)30-31-27(32)37-17-25(33)29-21-11-9-18-7-5-6-8-19(18)14-21/h4-12,14-15H,1,13,16-17H2,2-3H3,(H,28,34)(H,29,33). The van der Waals surface area contributed by atoms with Gasteiger partial charge in [-0.15, -0.1) is 16.8 Å². The van der Waals surface area contributed by atoms with Gasteiger partial charge in [-0.3, -0.25) is 9.59 Å². The van der Waals surface area contributed by atoms with Crippen molar-refractivity contribution in [2.45, 2.75) is 18.2 Å². The number of amides is 2. The highest BCUT2D eigenvalue weighted by Crippen LogP contribution is 2.27. The first-order chi connectivity index (χ1) is 18.0. The molecule has 0 saturated carbocycles. The maximum Gasteiger partial charge on any atom is 0.251 e. The number of rotatable bonds is 11. The van der Waals surface area contributed by atoms with E-state index in [1.54, 1.807) is 24.3 Å². The third kappa shape index (κ3) is 6.28. The normalized spacial score (nSPS) is 10.6. The van der Waals surface area contributed by atoms with E-state index in [1.807, 2.05) is 47.0 Å². The zero-order chi connectivity index (χ0) is 26.2. The molecule has 1 aromatic heterocycles. The average Bonchev–Trinajstić information content (AvgIpc) is 3.31. The summed E-state index contributed by atoms with van der Waals surface area (Å²) in [5, 5.41) is 16.9. The predicted molar refractivity (Wildman–Crippen MR) is 144 cm³/mol. The molecule has 0 unspecified atom stereocenters. The van der Waals surface area contributed by atoms with Gasteiger partial charge in [0, 0.05) is 17.8 Å². The fraction of sp³-hybridized carbons (Fsp3) is 0.185. The van der Waals surface area contributed by atoms with E-state index in [1.165, 1.54) is 26.0 Å². The summed E-state index contributed by atoms with van der Waals surface area (Å²) in [6.07, 6.45) is 1.71. The summed E-state index contributed by atoms with van der Waals surface area (Å²) in [5.74, 6) is 1.25. The highest BCUT2D eigenvalue weighted by atomic mass is 32.2. The van der Waals surface area contributed by atoms with Crippen molar-refractivity contribution < 1.29 is 19.1 Å². The summed E-state index contributed by atoms with van der Waals surface area (Å²) in [7, 11) is 3.05. The Hall–Kier alpha value is -4.31. The molecule has 190 valence electrons. The predicted octanol–water partition coefficient (Wildman–Crippen LogP) is 4.30. The van der Waals surface area contributed by atoms with Gasteiger partial charge in [0.25, 0.3) is 5.91 Å². The molecule has 9 nitrogen and oxygen atoms in total. The Balaban J connectivity index is 1.37. The number of hydrogen-bond acceptors (Lipinski definition) is 7. The van der Waals surface area contributed by atoms with Crippen LogP contribution in [-0.2, 0) is 17.9 Å². The maximum absolute atomic E-state index is 12.7. The molecule has 0 radical (unpaired) electrons. The summed E-state index contributed by atoms with van der Waals surface area (Å²) < 4.78 is 12.3.